The van der Waals surface area contributed by atoms with Crippen LogP contribution in [0.4, 0.5) is 0 Å². The van der Waals surface area contributed by atoms with Crippen LogP contribution >= 0.6 is 0 Å². The van der Waals surface area contributed by atoms with Crippen LogP contribution in [-0.4, -0.2) is 4.57 Å². The quantitative estimate of drug-likeness (QED) is 0.220. The average Bonchev–Trinajstić information content (AvgIpc) is 3.09. The second-order valence-corrected chi connectivity index (χ2v) is 8.27. The molecule has 0 N–H and O–H groups in total. The van der Waals surface area contributed by atoms with E-state index in [1.807, 2.05) is 0 Å². The molecule has 0 fully saturated rings. The summed E-state index contributed by atoms with van der Waals surface area (Å²) in [7, 11) is 0. The van der Waals surface area contributed by atoms with Gasteiger partial charge in [0.1, 0.15) is 12.4 Å². The Labute approximate surface area is 174 Å². The van der Waals surface area contributed by atoms with E-state index in [2.05, 4.69) is 65.7 Å². The molecule has 0 saturated heterocycles. The summed E-state index contributed by atoms with van der Waals surface area (Å²) in [6.45, 7) is 6.91. The van der Waals surface area contributed by atoms with E-state index in [9.17, 15) is 0 Å². The first-order chi connectivity index (χ1) is 13.8. The lowest BCUT2D eigenvalue weighted by Gasteiger charge is -2.06. The van der Waals surface area contributed by atoms with Gasteiger partial charge in [-0.2, -0.15) is 0 Å². The molecule has 28 heavy (non-hydrogen) atoms. The first-order valence-electron chi connectivity index (χ1n) is 12.0. The highest BCUT2D eigenvalue weighted by molar-refractivity contribution is 5.14. The van der Waals surface area contributed by atoms with Crippen molar-refractivity contribution < 1.29 is 4.57 Å². The smallest absolute Gasteiger partial charge is 0.234 e. The van der Waals surface area contributed by atoms with Crippen LogP contribution in [0.5, 0.6) is 0 Å². The number of nitrogens with zero attached hydrogens (tertiary/aromatic N) is 2. The summed E-state index contributed by atoms with van der Waals surface area (Å²) in [5.74, 6) is 1.52. The molecule has 0 bridgehead atoms. The van der Waals surface area contributed by atoms with Gasteiger partial charge in [0.2, 0.25) is 0 Å². The van der Waals surface area contributed by atoms with Crippen molar-refractivity contribution in [3.63, 3.8) is 0 Å². The molecule has 0 aliphatic rings. The van der Waals surface area contributed by atoms with Crippen molar-refractivity contribution in [3.8, 4) is 0 Å². The topological polar surface area (TPSA) is 8.81 Å². The van der Waals surface area contributed by atoms with E-state index in [4.69, 9.17) is 0 Å². The SMILES string of the molecule is CCCCCCCCCCCn1cc[n+](CCCc2ccccc2)c1CCC. The molecule has 0 saturated carbocycles. The highest BCUT2D eigenvalue weighted by Gasteiger charge is 2.15. The third kappa shape index (κ3) is 8.63. The van der Waals surface area contributed by atoms with Gasteiger partial charge in [-0.1, -0.05) is 89.1 Å². The van der Waals surface area contributed by atoms with Gasteiger partial charge in [-0.05, 0) is 37.7 Å². The number of imidazole rings is 1. The standard InChI is InChI=1S/C26H43N2/c1-3-5-6-7-8-9-10-11-15-21-27-23-24-28(26(27)17-4-2)22-16-20-25-18-13-12-14-19-25/h12-14,18-19,23-24H,3-11,15-17,20-22H2,1-2H3/q+1. The Hall–Kier alpha value is -1.57. The van der Waals surface area contributed by atoms with Crippen LogP contribution < -0.4 is 4.57 Å². The lowest BCUT2D eigenvalue weighted by Crippen LogP contribution is -2.37. The molecule has 156 valence electrons. The molecule has 1 aromatic carbocycles. The zero-order valence-electron chi connectivity index (χ0n) is 18.5. The van der Waals surface area contributed by atoms with Crippen LogP contribution in [0.25, 0.3) is 0 Å². The molecule has 2 aromatic rings. The molecule has 0 aliphatic heterocycles. The Balaban J connectivity index is 1.69. The molecule has 2 rings (SSSR count). The maximum atomic E-state index is 2.52. The number of benzene rings is 1. The number of aromatic nitrogens is 2. The minimum atomic E-state index is 1.13. The van der Waals surface area contributed by atoms with E-state index >= 15 is 0 Å². The molecule has 0 unspecified atom stereocenters. The molecule has 2 heteroatoms. The fourth-order valence-corrected chi connectivity index (χ4v) is 4.11. The van der Waals surface area contributed by atoms with Crippen molar-refractivity contribution in [2.75, 3.05) is 0 Å². The van der Waals surface area contributed by atoms with Gasteiger partial charge in [0.05, 0.1) is 13.1 Å². The van der Waals surface area contributed by atoms with Crippen molar-refractivity contribution in [2.45, 2.75) is 110 Å². The van der Waals surface area contributed by atoms with E-state index in [1.54, 1.807) is 0 Å². The molecular weight excluding hydrogens is 340 g/mol. The largest absolute Gasteiger partial charge is 0.256 e. The maximum absolute atomic E-state index is 2.52. The van der Waals surface area contributed by atoms with Gasteiger partial charge >= 0.3 is 0 Å². The van der Waals surface area contributed by atoms with Gasteiger partial charge in [-0.25, -0.2) is 9.13 Å². The van der Waals surface area contributed by atoms with Gasteiger partial charge in [0.25, 0.3) is 5.82 Å². The van der Waals surface area contributed by atoms with Gasteiger partial charge < -0.3 is 0 Å². The van der Waals surface area contributed by atoms with Crippen molar-refractivity contribution in [1.29, 1.82) is 0 Å². The fourth-order valence-electron chi connectivity index (χ4n) is 4.11. The van der Waals surface area contributed by atoms with Crippen LogP contribution in [0.2, 0.25) is 0 Å². The molecule has 0 atom stereocenters. The summed E-state index contributed by atoms with van der Waals surface area (Å²) >= 11 is 0. The van der Waals surface area contributed by atoms with Crippen molar-refractivity contribution in [1.82, 2.24) is 4.57 Å². The lowest BCUT2D eigenvalue weighted by atomic mass is 10.1. The lowest BCUT2D eigenvalue weighted by molar-refractivity contribution is -0.704. The minimum Gasteiger partial charge on any atom is -0.234 e. The van der Waals surface area contributed by atoms with E-state index in [1.165, 1.54) is 101 Å². The van der Waals surface area contributed by atoms with Crippen LogP contribution in [0, 0.1) is 0 Å². The van der Waals surface area contributed by atoms with E-state index < -0.39 is 0 Å². The Bertz CT molecular complexity index is 615. The summed E-state index contributed by atoms with van der Waals surface area (Å²) in [4.78, 5) is 0. The molecule has 0 amide bonds. The van der Waals surface area contributed by atoms with Crippen molar-refractivity contribution >= 4 is 0 Å². The third-order valence-corrected chi connectivity index (χ3v) is 5.77. The summed E-state index contributed by atoms with van der Waals surface area (Å²) in [6.07, 6.45) is 22.0. The summed E-state index contributed by atoms with van der Waals surface area (Å²) < 4.78 is 5.02. The van der Waals surface area contributed by atoms with Crippen LogP contribution in [0.15, 0.2) is 42.7 Å². The van der Waals surface area contributed by atoms with Crippen LogP contribution in [-0.2, 0) is 25.9 Å². The first-order valence-corrected chi connectivity index (χ1v) is 12.0. The summed E-state index contributed by atoms with van der Waals surface area (Å²) in [6, 6.07) is 10.9. The van der Waals surface area contributed by atoms with Crippen LogP contribution in [0.3, 0.4) is 0 Å². The van der Waals surface area contributed by atoms with E-state index in [0.29, 0.717) is 0 Å². The fraction of sp³-hybridized carbons (Fsp3) is 0.654. The molecule has 1 aromatic heterocycles. The maximum Gasteiger partial charge on any atom is 0.256 e. The predicted molar refractivity (Wildman–Crippen MR) is 121 cm³/mol. The Kier molecular flexibility index (Phi) is 11.7. The second-order valence-electron chi connectivity index (χ2n) is 8.27. The number of hydrogen-bond donors (Lipinski definition) is 0. The molecule has 1 heterocycles. The van der Waals surface area contributed by atoms with Crippen molar-refractivity contribution in [3.05, 3.63) is 54.1 Å². The first kappa shape index (κ1) is 22.7. The second kappa shape index (κ2) is 14.4. The molecular formula is C26H43N2+. The Morgan fingerprint density at radius 1 is 0.714 bits per heavy atom. The third-order valence-electron chi connectivity index (χ3n) is 5.77. The predicted octanol–water partition coefficient (Wildman–Crippen LogP) is 6.89. The van der Waals surface area contributed by atoms with Crippen LogP contribution in [0.1, 0.15) is 95.9 Å². The highest BCUT2D eigenvalue weighted by atomic mass is 15.1. The van der Waals surface area contributed by atoms with Gasteiger partial charge in [-0.15, -0.1) is 0 Å². The Morgan fingerprint density at radius 3 is 2.07 bits per heavy atom. The summed E-state index contributed by atoms with van der Waals surface area (Å²) in [5, 5.41) is 0. The van der Waals surface area contributed by atoms with E-state index in [0.717, 1.165) is 6.54 Å². The number of unbranched alkanes of at least 4 members (excludes halogenated alkanes) is 8. The minimum absolute atomic E-state index is 1.13. The molecule has 0 spiro atoms. The normalized spacial score (nSPS) is 11.2. The molecule has 0 radical (unpaired) electrons. The van der Waals surface area contributed by atoms with Gasteiger partial charge in [0, 0.05) is 6.42 Å². The zero-order chi connectivity index (χ0) is 19.9. The highest BCUT2D eigenvalue weighted by Crippen LogP contribution is 2.11. The molecule has 0 aliphatic carbocycles. The monoisotopic (exact) mass is 383 g/mol. The summed E-state index contributed by atoms with van der Waals surface area (Å²) in [5.41, 5.74) is 1.45. The van der Waals surface area contributed by atoms with Crippen molar-refractivity contribution in [2.24, 2.45) is 0 Å². The zero-order valence-corrected chi connectivity index (χ0v) is 18.5. The molecule has 2 nitrogen and oxygen atoms in total. The number of aryl methyl sites for hydroxylation is 3. The number of hydrogen-bond acceptors (Lipinski definition) is 0. The van der Waals surface area contributed by atoms with E-state index in [-0.39, 0.29) is 0 Å². The van der Waals surface area contributed by atoms with Gasteiger partial charge in [-0.3, -0.25) is 0 Å². The van der Waals surface area contributed by atoms with Gasteiger partial charge in [0.15, 0.2) is 0 Å². The number of rotatable bonds is 16. The Morgan fingerprint density at radius 2 is 1.39 bits per heavy atom. The average molecular weight is 384 g/mol.